The predicted octanol–water partition coefficient (Wildman–Crippen LogP) is 4.22. The van der Waals surface area contributed by atoms with E-state index in [-0.39, 0.29) is 28.7 Å². The van der Waals surface area contributed by atoms with Gasteiger partial charge in [0.25, 0.3) is 0 Å². The predicted molar refractivity (Wildman–Crippen MR) is 108 cm³/mol. The average Bonchev–Trinajstić information content (AvgIpc) is 2.63. The minimum atomic E-state index is -0.637. The minimum Gasteiger partial charge on any atom is -0.483 e. The summed E-state index contributed by atoms with van der Waals surface area (Å²) in [6.07, 6.45) is 2.88. The van der Waals surface area contributed by atoms with E-state index in [1.807, 2.05) is 0 Å². The van der Waals surface area contributed by atoms with Crippen molar-refractivity contribution in [1.82, 2.24) is 9.97 Å². The van der Waals surface area contributed by atoms with Gasteiger partial charge in [0.1, 0.15) is 5.71 Å². The van der Waals surface area contributed by atoms with Crippen LogP contribution in [0.15, 0.2) is 61.1 Å². The normalized spacial score (nSPS) is 12.4. The summed E-state index contributed by atoms with van der Waals surface area (Å²) in [5.74, 6) is 0.145. The number of benzene rings is 1. The number of aliphatic imine (C=N–C) groups is 1. The number of nitrogens with two attached hydrogens (primary N) is 1. The molecule has 0 atom stereocenters. The van der Waals surface area contributed by atoms with E-state index in [0.717, 1.165) is 0 Å². The molecule has 0 aliphatic rings. The van der Waals surface area contributed by atoms with Crippen LogP contribution in [0.2, 0.25) is 10.0 Å². The molecule has 27 heavy (non-hydrogen) atoms. The molecule has 0 bridgehead atoms. The van der Waals surface area contributed by atoms with Crippen LogP contribution in [0, 0.1) is 0 Å². The molecule has 0 fully saturated rings. The van der Waals surface area contributed by atoms with Gasteiger partial charge >= 0.3 is 5.63 Å². The number of fused-ring (bicyclic) bond motifs is 1. The van der Waals surface area contributed by atoms with Gasteiger partial charge < -0.3 is 14.9 Å². The number of pyridine rings is 1. The van der Waals surface area contributed by atoms with Crippen LogP contribution in [-0.2, 0) is 4.74 Å². The Bertz CT molecular complexity index is 1140. The van der Waals surface area contributed by atoms with Crippen molar-refractivity contribution in [3.8, 4) is 0 Å². The van der Waals surface area contributed by atoms with Crippen LogP contribution in [0.4, 0.5) is 5.82 Å². The molecule has 7 nitrogen and oxygen atoms in total. The fourth-order valence-corrected chi connectivity index (χ4v) is 3.18. The number of ether oxygens (including phenoxy) is 1. The number of aromatic nitrogens is 2. The lowest BCUT2D eigenvalue weighted by atomic mass is 10.2. The average molecular weight is 470 g/mol. The number of allylic oxidation sites excluding steroid dienone is 1. The second-order valence-electron chi connectivity index (χ2n) is 5.15. The Morgan fingerprint density at radius 1 is 1.41 bits per heavy atom. The first kappa shape index (κ1) is 19.3. The van der Waals surface area contributed by atoms with E-state index < -0.39 is 5.63 Å². The summed E-state index contributed by atoms with van der Waals surface area (Å²) in [6.45, 7) is 0. The summed E-state index contributed by atoms with van der Waals surface area (Å²) in [5.41, 5.74) is 5.56. The van der Waals surface area contributed by atoms with E-state index in [0.29, 0.717) is 20.0 Å². The standard InChI is InChI=1S/C17H11BrCl2N4O3/c1-26-13(21)7-12(23-15-11(20)3-2-4-22-15)16-24-14-9(17(25)27-16)5-8(19)6-10(14)18/h2-7H,21H2,1H3/b13-7+,23-12-. The van der Waals surface area contributed by atoms with E-state index in [1.165, 1.54) is 25.4 Å². The Morgan fingerprint density at radius 2 is 2.19 bits per heavy atom. The summed E-state index contributed by atoms with van der Waals surface area (Å²) >= 11 is 15.4. The SMILES string of the molecule is CO/C(N)=C/C(=N/c1ncccc1Cl)c1nc2c(Br)cc(Cl)cc2c(=O)o1. The van der Waals surface area contributed by atoms with Gasteiger partial charge in [-0.1, -0.05) is 23.2 Å². The van der Waals surface area contributed by atoms with Crippen LogP contribution in [0.3, 0.4) is 0 Å². The largest absolute Gasteiger partial charge is 0.483 e. The molecule has 0 saturated carbocycles. The molecular formula is C17H11BrCl2N4O3. The van der Waals surface area contributed by atoms with Crippen LogP contribution in [0.25, 0.3) is 10.9 Å². The highest BCUT2D eigenvalue weighted by atomic mass is 79.9. The molecule has 138 valence electrons. The number of halogens is 3. The van der Waals surface area contributed by atoms with E-state index in [4.69, 9.17) is 38.1 Å². The van der Waals surface area contributed by atoms with E-state index in [9.17, 15) is 4.79 Å². The van der Waals surface area contributed by atoms with Gasteiger partial charge in [-0.2, -0.15) is 0 Å². The molecule has 10 heteroatoms. The van der Waals surface area contributed by atoms with Crippen molar-refractivity contribution in [2.45, 2.75) is 0 Å². The topological polar surface area (TPSA) is 104 Å². The van der Waals surface area contributed by atoms with E-state index in [1.54, 1.807) is 18.2 Å². The van der Waals surface area contributed by atoms with Gasteiger partial charge in [0.15, 0.2) is 11.7 Å². The van der Waals surface area contributed by atoms with Crippen LogP contribution in [-0.4, -0.2) is 22.8 Å². The maximum absolute atomic E-state index is 12.4. The number of nitrogens with zero attached hydrogens (tertiary/aromatic N) is 3. The highest BCUT2D eigenvalue weighted by Gasteiger charge is 2.15. The van der Waals surface area contributed by atoms with Crippen molar-refractivity contribution in [3.63, 3.8) is 0 Å². The van der Waals surface area contributed by atoms with Gasteiger partial charge in [-0.3, -0.25) is 0 Å². The van der Waals surface area contributed by atoms with Crippen LogP contribution >= 0.6 is 39.1 Å². The quantitative estimate of drug-likeness (QED) is 0.453. The third kappa shape index (κ3) is 4.29. The first-order valence-corrected chi connectivity index (χ1v) is 8.94. The van der Waals surface area contributed by atoms with Crippen molar-refractivity contribution in [3.05, 3.63) is 73.3 Å². The van der Waals surface area contributed by atoms with E-state index >= 15 is 0 Å². The van der Waals surface area contributed by atoms with Crippen molar-refractivity contribution in [2.75, 3.05) is 7.11 Å². The summed E-state index contributed by atoms with van der Waals surface area (Å²) < 4.78 is 10.8. The van der Waals surface area contributed by atoms with Crippen molar-refractivity contribution in [2.24, 2.45) is 10.7 Å². The maximum Gasteiger partial charge on any atom is 0.347 e. The monoisotopic (exact) mass is 468 g/mol. The van der Waals surface area contributed by atoms with Crippen molar-refractivity contribution < 1.29 is 9.15 Å². The zero-order valence-corrected chi connectivity index (χ0v) is 16.8. The molecule has 2 aromatic heterocycles. The Labute approximate surface area is 171 Å². The minimum absolute atomic E-state index is 0.0283. The zero-order valence-electron chi connectivity index (χ0n) is 13.7. The molecule has 0 saturated heterocycles. The Hall–Kier alpha value is -2.42. The summed E-state index contributed by atoms with van der Waals surface area (Å²) in [7, 11) is 1.39. The summed E-state index contributed by atoms with van der Waals surface area (Å²) in [4.78, 5) is 25.2. The van der Waals surface area contributed by atoms with Gasteiger partial charge in [0.2, 0.25) is 5.89 Å². The van der Waals surface area contributed by atoms with Crippen LogP contribution in [0.1, 0.15) is 5.89 Å². The lowest BCUT2D eigenvalue weighted by Crippen LogP contribution is -2.12. The molecule has 1 aromatic carbocycles. The highest BCUT2D eigenvalue weighted by Crippen LogP contribution is 2.26. The Kier molecular flexibility index (Phi) is 5.79. The third-order valence-corrected chi connectivity index (χ3v) is 4.47. The van der Waals surface area contributed by atoms with Crippen LogP contribution in [0.5, 0.6) is 0 Å². The molecule has 0 unspecified atom stereocenters. The van der Waals surface area contributed by atoms with Crippen molar-refractivity contribution in [1.29, 1.82) is 0 Å². The fraction of sp³-hybridized carbons (Fsp3) is 0.0588. The second kappa shape index (κ2) is 8.08. The summed E-state index contributed by atoms with van der Waals surface area (Å²) in [6, 6.07) is 6.37. The first-order valence-electron chi connectivity index (χ1n) is 7.39. The highest BCUT2D eigenvalue weighted by molar-refractivity contribution is 9.10. The molecule has 0 spiro atoms. The molecule has 3 rings (SSSR count). The van der Waals surface area contributed by atoms with Gasteiger partial charge in [-0.25, -0.2) is 19.8 Å². The molecule has 0 amide bonds. The smallest absolute Gasteiger partial charge is 0.347 e. The Morgan fingerprint density at radius 3 is 2.89 bits per heavy atom. The van der Waals surface area contributed by atoms with E-state index in [2.05, 4.69) is 30.9 Å². The molecule has 0 aliphatic carbocycles. The molecule has 2 heterocycles. The number of methoxy groups -OCH3 is 1. The number of hydrogen-bond acceptors (Lipinski definition) is 7. The third-order valence-electron chi connectivity index (χ3n) is 3.35. The van der Waals surface area contributed by atoms with Gasteiger partial charge in [-0.15, -0.1) is 0 Å². The zero-order chi connectivity index (χ0) is 19.6. The van der Waals surface area contributed by atoms with Crippen molar-refractivity contribution >= 4 is 61.6 Å². The molecule has 0 radical (unpaired) electrons. The Balaban J connectivity index is 2.27. The summed E-state index contributed by atoms with van der Waals surface area (Å²) in [5, 5.41) is 0.890. The number of rotatable bonds is 4. The molecular weight excluding hydrogens is 459 g/mol. The molecule has 0 aliphatic heterocycles. The molecule has 3 aromatic rings. The fourth-order valence-electron chi connectivity index (χ4n) is 2.12. The van der Waals surface area contributed by atoms with Gasteiger partial charge in [0.05, 0.1) is 23.0 Å². The second-order valence-corrected chi connectivity index (χ2v) is 6.84. The molecule has 2 N–H and O–H groups in total. The van der Waals surface area contributed by atoms with Gasteiger partial charge in [0, 0.05) is 21.8 Å². The lowest BCUT2D eigenvalue weighted by Gasteiger charge is -2.06. The van der Waals surface area contributed by atoms with Crippen LogP contribution < -0.4 is 11.4 Å². The number of hydrogen-bond donors (Lipinski definition) is 1. The lowest BCUT2D eigenvalue weighted by molar-refractivity contribution is 0.288. The maximum atomic E-state index is 12.4. The van der Waals surface area contributed by atoms with Gasteiger partial charge in [-0.05, 0) is 40.2 Å². The first-order chi connectivity index (χ1) is 12.9.